The average Bonchev–Trinajstić information content (AvgIpc) is 2.41. The highest BCUT2D eigenvalue weighted by molar-refractivity contribution is 9.10. The van der Waals surface area contributed by atoms with Crippen LogP contribution in [0, 0.1) is 10.1 Å². The molecule has 0 saturated heterocycles. The van der Waals surface area contributed by atoms with Crippen molar-refractivity contribution >= 4 is 27.4 Å². The van der Waals surface area contributed by atoms with E-state index in [-0.39, 0.29) is 5.69 Å². The number of nitro groups is 1. The lowest BCUT2D eigenvalue weighted by molar-refractivity contribution is -0.384. The number of nitrogens with zero attached hydrogens (tertiary/aromatic N) is 2. The second-order valence-electron chi connectivity index (χ2n) is 5.22. The Labute approximate surface area is 126 Å². The number of carbonyl (C=O) groups excluding carboxylic acids is 1. The van der Waals surface area contributed by atoms with Crippen LogP contribution in [0.25, 0.3) is 0 Å². The number of hydrogen-bond donors (Lipinski definition) is 0. The lowest BCUT2D eigenvalue weighted by atomic mass is 9.93. The van der Waals surface area contributed by atoms with Crippen LogP contribution in [-0.2, 0) is 11.3 Å². The Morgan fingerprint density at radius 2 is 2.05 bits per heavy atom. The molecule has 0 aliphatic heterocycles. The minimum absolute atomic E-state index is 0.0894. The second kappa shape index (κ2) is 6.45. The second-order valence-corrected chi connectivity index (χ2v) is 6.07. The maximum absolute atomic E-state index is 11.3. The molecule has 0 N–H and O–H groups in total. The Balaban J connectivity index is 2.02. The smallest absolute Gasteiger partial charge is 0.270 e. The number of benzene rings is 1. The van der Waals surface area contributed by atoms with Crippen LogP contribution in [0.2, 0.25) is 0 Å². The molecular formula is C14H17BrN2O3. The molecule has 0 spiro atoms. The number of hydrogen-bond acceptors (Lipinski definition) is 4. The van der Waals surface area contributed by atoms with E-state index >= 15 is 0 Å². The number of non-ortho nitro benzene ring substituents is 1. The van der Waals surface area contributed by atoms with Crippen LogP contribution in [0.3, 0.4) is 0 Å². The van der Waals surface area contributed by atoms with Gasteiger partial charge in [0.2, 0.25) is 0 Å². The molecule has 0 radical (unpaired) electrons. The fraction of sp³-hybridized carbons (Fsp3) is 0.500. The Morgan fingerprint density at radius 3 is 2.60 bits per heavy atom. The lowest BCUT2D eigenvalue weighted by Crippen LogP contribution is -2.34. The van der Waals surface area contributed by atoms with Gasteiger partial charge in [-0.2, -0.15) is 0 Å². The van der Waals surface area contributed by atoms with Gasteiger partial charge in [0.1, 0.15) is 5.78 Å². The number of Topliss-reactive ketones (excluding diaryl/α,β-unsaturated/α-hetero) is 1. The number of ketones is 1. The number of carbonyl (C=O) groups is 1. The van der Waals surface area contributed by atoms with Crippen LogP contribution >= 0.6 is 15.9 Å². The summed E-state index contributed by atoms with van der Waals surface area (Å²) in [5.41, 5.74) is 1.11. The molecule has 1 fully saturated rings. The zero-order valence-corrected chi connectivity index (χ0v) is 12.9. The van der Waals surface area contributed by atoms with E-state index in [1.807, 2.05) is 7.05 Å². The van der Waals surface area contributed by atoms with Crippen molar-refractivity contribution in [3.63, 3.8) is 0 Å². The van der Waals surface area contributed by atoms with E-state index in [9.17, 15) is 14.9 Å². The highest BCUT2D eigenvalue weighted by atomic mass is 79.9. The largest absolute Gasteiger partial charge is 0.300 e. The third-order valence-corrected chi connectivity index (χ3v) is 4.54. The molecule has 1 aliphatic carbocycles. The van der Waals surface area contributed by atoms with Gasteiger partial charge in [-0.3, -0.25) is 19.8 Å². The average molecular weight is 341 g/mol. The summed E-state index contributed by atoms with van der Waals surface area (Å²) in [7, 11) is 2.04. The summed E-state index contributed by atoms with van der Waals surface area (Å²) in [5, 5.41) is 10.7. The number of halogens is 1. The molecule has 0 heterocycles. The first-order valence-electron chi connectivity index (χ1n) is 6.62. The van der Waals surface area contributed by atoms with E-state index in [0.29, 0.717) is 24.7 Å². The predicted molar refractivity (Wildman–Crippen MR) is 79.5 cm³/mol. The van der Waals surface area contributed by atoms with Crippen LogP contribution in [0.5, 0.6) is 0 Å². The van der Waals surface area contributed by atoms with Crippen molar-refractivity contribution in [1.82, 2.24) is 4.90 Å². The van der Waals surface area contributed by atoms with Crippen molar-refractivity contribution < 1.29 is 9.72 Å². The van der Waals surface area contributed by atoms with E-state index in [1.165, 1.54) is 12.1 Å². The van der Waals surface area contributed by atoms with E-state index in [1.54, 1.807) is 6.07 Å². The van der Waals surface area contributed by atoms with Crippen molar-refractivity contribution in [1.29, 1.82) is 0 Å². The molecule has 20 heavy (non-hydrogen) atoms. The topological polar surface area (TPSA) is 63.4 Å². The Bertz CT molecular complexity index is 523. The SMILES string of the molecule is CN(Cc1ccc([N+](=O)[O-])cc1Br)C1CCC(=O)CC1. The lowest BCUT2D eigenvalue weighted by Gasteiger charge is -2.30. The van der Waals surface area contributed by atoms with E-state index < -0.39 is 4.92 Å². The summed E-state index contributed by atoms with van der Waals surface area (Å²) < 4.78 is 0.755. The van der Waals surface area contributed by atoms with Crippen LogP contribution < -0.4 is 0 Å². The first kappa shape index (κ1) is 15.1. The van der Waals surface area contributed by atoms with Gasteiger partial charge >= 0.3 is 0 Å². The van der Waals surface area contributed by atoms with Gasteiger partial charge in [0.15, 0.2) is 0 Å². The van der Waals surface area contributed by atoms with Gasteiger partial charge in [0, 0.05) is 42.0 Å². The zero-order chi connectivity index (χ0) is 14.7. The fourth-order valence-corrected chi connectivity index (χ4v) is 3.03. The van der Waals surface area contributed by atoms with Crippen LogP contribution in [0.1, 0.15) is 31.2 Å². The standard InChI is InChI=1S/C14H17BrN2O3/c1-16(11-4-6-13(18)7-5-11)9-10-2-3-12(17(19)20)8-14(10)15/h2-3,8,11H,4-7,9H2,1H3. The number of rotatable bonds is 4. The van der Waals surface area contributed by atoms with Gasteiger partial charge in [-0.05, 0) is 31.5 Å². The number of nitro benzene ring substituents is 1. The summed E-state index contributed by atoms with van der Waals surface area (Å²) in [4.78, 5) is 23.8. The first-order valence-corrected chi connectivity index (χ1v) is 7.41. The molecule has 1 aromatic carbocycles. The van der Waals surface area contributed by atoms with Gasteiger partial charge in [0.05, 0.1) is 4.92 Å². The van der Waals surface area contributed by atoms with Gasteiger partial charge in [0.25, 0.3) is 5.69 Å². The molecule has 0 amide bonds. The molecule has 0 bridgehead atoms. The van der Waals surface area contributed by atoms with E-state index in [0.717, 1.165) is 29.4 Å². The molecule has 2 rings (SSSR count). The highest BCUT2D eigenvalue weighted by Gasteiger charge is 2.22. The van der Waals surface area contributed by atoms with Crippen molar-refractivity contribution in [3.05, 3.63) is 38.3 Å². The molecule has 1 aliphatic rings. The normalized spacial score (nSPS) is 16.6. The van der Waals surface area contributed by atoms with Crippen molar-refractivity contribution in [2.45, 2.75) is 38.3 Å². The Hall–Kier alpha value is -1.27. The summed E-state index contributed by atoms with van der Waals surface area (Å²) in [6, 6.07) is 5.26. The molecule has 0 unspecified atom stereocenters. The molecular weight excluding hydrogens is 324 g/mol. The summed E-state index contributed by atoms with van der Waals surface area (Å²) in [5.74, 6) is 0.353. The predicted octanol–water partition coefficient (Wildman–Crippen LogP) is 3.30. The fourth-order valence-electron chi connectivity index (χ4n) is 2.54. The van der Waals surface area contributed by atoms with Crippen molar-refractivity contribution in [2.24, 2.45) is 0 Å². The quantitative estimate of drug-likeness (QED) is 0.623. The monoisotopic (exact) mass is 340 g/mol. The van der Waals surface area contributed by atoms with Crippen molar-refractivity contribution in [2.75, 3.05) is 7.05 Å². The van der Waals surface area contributed by atoms with Crippen molar-refractivity contribution in [3.8, 4) is 0 Å². The summed E-state index contributed by atoms with van der Waals surface area (Å²) in [6.45, 7) is 0.720. The Kier molecular flexibility index (Phi) is 4.88. The zero-order valence-electron chi connectivity index (χ0n) is 11.3. The van der Waals surface area contributed by atoms with Crippen LogP contribution in [0.4, 0.5) is 5.69 Å². The molecule has 108 valence electrons. The molecule has 0 aromatic heterocycles. The third-order valence-electron chi connectivity index (χ3n) is 3.80. The van der Waals surface area contributed by atoms with Gasteiger partial charge in [-0.15, -0.1) is 0 Å². The van der Waals surface area contributed by atoms with Crippen LogP contribution in [0.15, 0.2) is 22.7 Å². The Morgan fingerprint density at radius 1 is 1.40 bits per heavy atom. The van der Waals surface area contributed by atoms with Gasteiger partial charge in [-0.1, -0.05) is 15.9 Å². The van der Waals surface area contributed by atoms with Gasteiger partial charge < -0.3 is 0 Å². The molecule has 0 atom stereocenters. The molecule has 1 aromatic rings. The highest BCUT2D eigenvalue weighted by Crippen LogP contribution is 2.26. The van der Waals surface area contributed by atoms with Gasteiger partial charge in [-0.25, -0.2) is 0 Å². The maximum Gasteiger partial charge on any atom is 0.270 e. The van der Waals surface area contributed by atoms with E-state index in [4.69, 9.17) is 0 Å². The summed E-state index contributed by atoms with van der Waals surface area (Å²) >= 11 is 3.39. The minimum Gasteiger partial charge on any atom is -0.300 e. The third kappa shape index (κ3) is 3.64. The molecule has 1 saturated carbocycles. The molecule has 6 heteroatoms. The molecule has 5 nitrogen and oxygen atoms in total. The van der Waals surface area contributed by atoms with E-state index in [2.05, 4.69) is 20.8 Å². The first-order chi connectivity index (χ1) is 9.47. The maximum atomic E-state index is 11.3. The minimum atomic E-state index is -0.398. The summed E-state index contributed by atoms with van der Waals surface area (Å²) in [6.07, 6.45) is 3.13. The van der Waals surface area contributed by atoms with Crippen LogP contribution in [-0.4, -0.2) is 28.7 Å².